The first-order valence-electron chi connectivity index (χ1n) is 3.39. The molecule has 0 aromatic carbocycles. The summed E-state index contributed by atoms with van der Waals surface area (Å²) in [7, 11) is 0. The summed E-state index contributed by atoms with van der Waals surface area (Å²) in [5, 5.41) is 26.2. The lowest BCUT2D eigenvalue weighted by atomic mass is 10.1. The topological polar surface area (TPSA) is 86.7 Å². The predicted octanol–water partition coefficient (Wildman–Crippen LogP) is -1.56. The van der Waals surface area contributed by atoms with Crippen molar-refractivity contribution in [3.63, 3.8) is 0 Å². The van der Waals surface area contributed by atoms with Crippen molar-refractivity contribution < 1.29 is 15.3 Å². The van der Waals surface area contributed by atoms with E-state index in [9.17, 15) is 0 Å². The second-order valence-corrected chi connectivity index (χ2v) is 2.24. The number of nitrogens with two attached hydrogens (primary N) is 1. The molecule has 5 N–H and O–H groups in total. The fourth-order valence-electron chi connectivity index (χ4n) is 0.650. The average Bonchev–Trinajstić information content (AvgIpc) is 1.98. The molecule has 0 unspecified atom stereocenters. The molecule has 0 spiro atoms. The minimum Gasteiger partial charge on any atom is -0.396 e. The molecule has 0 rings (SSSR count). The quantitative estimate of drug-likeness (QED) is 0.381. The Hall–Kier alpha value is -0.160. The number of aliphatic hydroxyl groups is 3. The van der Waals surface area contributed by atoms with Crippen LogP contribution in [0.4, 0.5) is 0 Å². The molecule has 0 fully saturated rings. The van der Waals surface area contributed by atoms with Crippen LogP contribution in [0.25, 0.3) is 0 Å². The zero-order chi connectivity index (χ0) is 7.98. The molecule has 0 aromatic rings. The molecule has 2 atom stereocenters. The van der Waals surface area contributed by atoms with Crippen LogP contribution in [-0.2, 0) is 0 Å². The molecule has 0 saturated heterocycles. The average molecular weight is 149 g/mol. The molecule has 4 heteroatoms. The zero-order valence-electron chi connectivity index (χ0n) is 5.90. The monoisotopic (exact) mass is 149 g/mol. The smallest absolute Gasteiger partial charge is 0.0920 e. The van der Waals surface area contributed by atoms with Gasteiger partial charge in [0.05, 0.1) is 12.2 Å². The number of hydrogen-bond acceptors (Lipinski definition) is 4. The Morgan fingerprint density at radius 3 is 2.20 bits per heavy atom. The number of hydrogen-bond donors (Lipinski definition) is 4. The summed E-state index contributed by atoms with van der Waals surface area (Å²) in [5.74, 6) is 0. The minimum atomic E-state index is -0.855. The van der Waals surface area contributed by atoms with Crippen molar-refractivity contribution in [1.29, 1.82) is 0 Å². The molecule has 0 radical (unpaired) electrons. The van der Waals surface area contributed by atoms with Crippen molar-refractivity contribution in [2.45, 2.75) is 25.0 Å². The van der Waals surface area contributed by atoms with Gasteiger partial charge in [-0.3, -0.25) is 0 Å². The molecule has 0 heterocycles. The van der Waals surface area contributed by atoms with Gasteiger partial charge in [-0.25, -0.2) is 0 Å². The van der Waals surface area contributed by atoms with Gasteiger partial charge in [0.2, 0.25) is 0 Å². The highest BCUT2D eigenvalue weighted by Crippen LogP contribution is 2.00. The maximum Gasteiger partial charge on any atom is 0.0920 e. The fraction of sp³-hybridized carbons (Fsp3) is 1.00. The van der Waals surface area contributed by atoms with Crippen LogP contribution in [0.1, 0.15) is 12.8 Å². The van der Waals surface area contributed by atoms with Gasteiger partial charge in [-0.05, 0) is 12.8 Å². The Kier molecular flexibility index (Phi) is 5.52. The van der Waals surface area contributed by atoms with Crippen LogP contribution >= 0.6 is 0 Å². The van der Waals surface area contributed by atoms with Gasteiger partial charge in [-0.1, -0.05) is 0 Å². The largest absolute Gasteiger partial charge is 0.396 e. The molecular weight excluding hydrogens is 134 g/mol. The Balaban J connectivity index is 3.31. The van der Waals surface area contributed by atoms with Crippen LogP contribution in [0.2, 0.25) is 0 Å². The van der Waals surface area contributed by atoms with Crippen LogP contribution in [0.5, 0.6) is 0 Å². The molecule has 0 saturated carbocycles. The summed E-state index contributed by atoms with van der Waals surface area (Å²) in [6.07, 6.45) is -0.753. The lowest BCUT2D eigenvalue weighted by molar-refractivity contribution is 0.0167. The summed E-state index contributed by atoms with van der Waals surface area (Å²) in [5.41, 5.74) is 5.07. The minimum absolute atomic E-state index is 0.0361. The van der Waals surface area contributed by atoms with E-state index in [2.05, 4.69) is 0 Å². The Morgan fingerprint density at radius 1 is 1.20 bits per heavy atom. The van der Waals surface area contributed by atoms with Crippen LogP contribution < -0.4 is 5.73 Å². The second kappa shape index (κ2) is 5.61. The molecule has 10 heavy (non-hydrogen) atoms. The van der Waals surface area contributed by atoms with Crippen molar-refractivity contribution >= 4 is 0 Å². The zero-order valence-corrected chi connectivity index (χ0v) is 5.90. The van der Waals surface area contributed by atoms with Crippen molar-refractivity contribution in [1.82, 2.24) is 0 Å². The van der Waals surface area contributed by atoms with E-state index in [0.29, 0.717) is 12.8 Å². The SMILES string of the molecule is NC[C@@H](O)[C@H](O)CCCO. The highest BCUT2D eigenvalue weighted by Gasteiger charge is 2.12. The number of rotatable bonds is 5. The molecule has 4 nitrogen and oxygen atoms in total. The molecule has 0 aliphatic carbocycles. The molecule has 62 valence electrons. The van der Waals surface area contributed by atoms with Crippen LogP contribution in [0.3, 0.4) is 0 Å². The Labute approximate surface area is 60.3 Å². The maximum atomic E-state index is 9.01. The standard InChI is InChI=1S/C6H15NO3/c7-4-6(10)5(9)2-1-3-8/h5-6,8-10H,1-4,7H2/t5-,6-/m1/s1. The first-order chi connectivity index (χ1) is 4.72. The highest BCUT2D eigenvalue weighted by molar-refractivity contribution is 4.66. The van der Waals surface area contributed by atoms with Crippen LogP contribution in [0.15, 0.2) is 0 Å². The first-order valence-corrected chi connectivity index (χ1v) is 3.39. The number of aliphatic hydroxyl groups excluding tert-OH is 3. The summed E-state index contributed by atoms with van der Waals surface area (Å²) < 4.78 is 0. The van der Waals surface area contributed by atoms with E-state index in [1.807, 2.05) is 0 Å². The van der Waals surface area contributed by atoms with Gasteiger partial charge in [0.25, 0.3) is 0 Å². The van der Waals surface area contributed by atoms with Gasteiger partial charge in [0.15, 0.2) is 0 Å². The normalized spacial score (nSPS) is 16.8. The Morgan fingerprint density at radius 2 is 1.80 bits per heavy atom. The summed E-state index contributed by atoms with van der Waals surface area (Å²) >= 11 is 0. The second-order valence-electron chi connectivity index (χ2n) is 2.24. The van der Waals surface area contributed by atoms with E-state index >= 15 is 0 Å². The van der Waals surface area contributed by atoms with E-state index < -0.39 is 12.2 Å². The van der Waals surface area contributed by atoms with Crippen LogP contribution in [-0.4, -0.2) is 40.7 Å². The molecule has 0 aliphatic heterocycles. The maximum absolute atomic E-state index is 9.01. The van der Waals surface area contributed by atoms with Crippen molar-refractivity contribution in [3.05, 3.63) is 0 Å². The Bertz CT molecular complexity index is 79.4. The van der Waals surface area contributed by atoms with Gasteiger partial charge < -0.3 is 21.1 Å². The summed E-state index contributed by atoms with van der Waals surface area (Å²) in [6.45, 7) is 0.0982. The van der Waals surface area contributed by atoms with Gasteiger partial charge in [-0.15, -0.1) is 0 Å². The molecule has 0 aliphatic rings. The predicted molar refractivity (Wildman–Crippen MR) is 37.4 cm³/mol. The molecule has 0 amide bonds. The van der Waals surface area contributed by atoms with Gasteiger partial charge in [0.1, 0.15) is 0 Å². The summed E-state index contributed by atoms with van der Waals surface area (Å²) in [4.78, 5) is 0. The van der Waals surface area contributed by atoms with E-state index in [0.717, 1.165) is 0 Å². The van der Waals surface area contributed by atoms with E-state index in [4.69, 9.17) is 21.1 Å². The third-order valence-corrected chi connectivity index (χ3v) is 1.34. The van der Waals surface area contributed by atoms with Crippen molar-refractivity contribution in [2.75, 3.05) is 13.2 Å². The van der Waals surface area contributed by atoms with Crippen LogP contribution in [0, 0.1) is 0 Å². The summed E-state index contributed by atoms with van der Waals surface area (Å²) in [6, 6.07) is 0. The van der Waals surface area contributed by atoms with Gasteiger partial charge in [-0.2, -0.15) is 0 Å². The highest BCUT2D eigenvalue weighted by atomic mass is 16.3. The van der Waals surface area contributed by atoms with Crippen molar-refractivity contribution in [3.8, 4) is 0 Å². The van der Waals surface area contributed by atoms with Gasteiger partial charge in [0, 0.05) is 13.2 Å². The van der Waals surface area contributed by atoms with E-state index in [1.54, 1.807) is 0 Å². The van der Waals surface area contributed by atoms with Crippen molar-refractivity contribution in [2.24, 2.45) is 5.73 Å². The first kappa shape index (κ1) is 9.84. The molecule has 0 aromatic heterocycles. The van der Waals surface area contributed by atoms with E-state index in [1.165, 1.54) is 0 Å². The lowest BCUT2D eigenvalue weighted by Crippen LogP contribution is -2.33. The van der Waals surface area contributed by atoms with E-state index in [-0.39, 0.29) is 13.2 Å². The molecule has 0 bridgehead atoms. The van der Waals surface area contributed by atoms with Gasteiger partial charge >= 0.3 is 0 Å². The lowest BCUT2D eigenvalue weighted by Gasteiger charge is -2.14. The third-order valence-electron chi connectivity index (χ3n) is 1.34. The molecular formula is C6H15NO3. The third kappa shape index (κ3) is 3.79. The fourth-order valence-corrected chi connectivity index (χ4v) is 0.650.